The second-order valence-corrected chi connectivity index (χ2v) is 8.24. The number of alkyl halides is 6. The number of nitrogens with zero attached hydrogens (tertiary/aromatic N) is 2. The molecule has 2 aliphatic heterocycles. The Bertz CT molecular complexity index is 974. The molecule has 0 radical (unpaired) electrons. The average Bonchev–Trinajstić information content (AvgIpc) is 3.52. The first-order valence-corrected chi connectivity index (χ1v) is 10.8. The van der Waals surface area contributed by atoms with Gasteiger partial charge < -0.3 is 24.7 Å². The number of likely N-dealkylation sites (tertiary alicyclic amines) is 1. The van der Waals surface area contributed by atoms with Gasteiger partial charge >= 0.3 is 24.3 Å². The van der Waals surface area contributed by atoms with E-state index in [2.05, 4.69) is 27.0 Å². The lowest BCUT2D eigenvalue weighted by Crippen LogP contribution is -2.26. The molecule has 206 valence electrons. The summed E-state index contributed by atoms with van der Waals surface area (Å²) >= 11 is 0. The number of ether oxygens (including phenoxy) is 2. The average molecular weight is 541 g/mol. The molecule has 0 saturated carbocycles. The van der Waals surface area contributed by atoms with Crippen LogP contribution in [0.15, 0.2) is 36.7 Å². The summed E-state index contributed by atoms with van der Waals surface area (Å²) in [5, 5.41) is 14.2. The number of carbonyl (C=O) groups is 2. The van der Waals surface area contributed by atoms with Crippen molar-refractivity contribution in [2.75, 3.05) is 26.3 Å². The van der Waals surface area contributed by atoms with Crippen LogP contribution in [0.3, 0.4) is 0 Å². The van der Waals surface area contributed by atoms with Gasteiger partial charge in [-0.25, -0.2) is 9.59 Å². The molecule has 0 unspecified atom stereocenters. The van der Waals surface area contributed by atoms with Crippen molar-refractivity contribution in [3.63, 3.8) is 0 Å². The van der Waals surface area contributed by atoms with Crippen LogP contribution in [-0.4, -0.2) is 81.8 Å². The topological polar surface area (TPSA) is 125 Å². The number of aromatic nitrogens is 2. The summed E-state index contributed by atoms with van der Waals surface area (Å²) in [5.74, 6) is -3.63. The first-order chi connectivity index (χ1) is 17.2. The van der Waals surface area contributed by atoms with Crippen LogP contribution in [0.2, 0.25) is 0 Å². The molecule has 3 N–H and O–H groups in total. The standard InChI is InChI=1S/C18H23N3O2.2C2HF3O2/c1-13-4-5-16(7-20-13)22-11-14-12-23-18-10-21(9-17(14)18)8-15-3-2-6-19-15;2*3-2(4,5)1(6)7/h2-7,14,17-19H,8-12H2,1H3;2*(H,6,7)/t14-,17+,18+;;/m0../s1. The van der Waals surface area contributed by atoms with Gasteiger partial charge in [0, 0.05) is 49.1 Å². The molecule has 4 rings (SSSR count). The lowest BCUT2D eigenvalue weighted by Gasteiger charge is -2.19. The molecule has 0 aromatic carbocycles. The predicted molar refractivity (Wildman–Crippen MR) is 115 cm³/mol. The molecule has 2 aromatic heterocycles. The third-order valence-electron chi connectivity index (χ3n) is 5.40. The van der Waals surface area contributed by atoms with Crippen LogP contribution in [0.5, 0.6) is 5.75 Å². The summed E-state index contributed by atoms with van der Waals surface area (Å²) < 4.78 is 75.4. The molecule has 2 aromatic rings. The highest BCUT2D eigenvalue weighted by Gasteiger charge is 2.44. The number of pyridine rings is 1. The van der Waals surface area contributed by atoms with Crippen molar-refractivity contribution in [2.45, 2.75) is 31.9 Å². The SMILES string of the molecule is Cc1ccc(OC[C@H]2CO[C@@H]3CN(Cc4ccc[nH]4)C[C@H]23)cn1.O=C(O)C(F)(F)F.O=C(O)C(F)(F)F. The van der Waals surface area contributed by atoms with Crippen LogP contribution in [0.4, 0.5) is 26.3 Å². The molecule has 37 heavy (non-hydrogen) atoms. The van der Waals surface area contributed by atoms with E-state index in [1.54, 1.807) is 6.20 Å². The second-order valence-electron chi connectivity index (χ2n) is 8.24. The molecule has 4 heterocycles. The first kappa shape index (κ1) is 29.9. The normalized spacial score (nSPS) is 21.2. The van der Waals surface area contributed by atoms with Gasteiger partial charge in [0.2, 0.25) is 0 Å². The molecule has 0 aliphatic carbocycles. The van der Waals surface area contributed by atoms with E-state index < -0.39 is 24.3 Å². The van der Waals surface area contributed by atoms with Crippen molar-refractivity contribution in [1.82, 2.24) is 14.9 Å². The van der Waals surface area contributed by atoms with E-state index in [1.807, 2.05) is 25.3 Å². The Morgan fingerprint density at radius 3 is 2.22 bits per heavy atom. The Morgan fingerprint density at radius 2 is 1.73 bits per heavy atom. The van der Waals surface area contributed by atoms with Gasteiger partial charge in [-0.05, 0) is 31.2 Å². The van der Waals surface area contributed by atoms with E-state index in [0.717, 1.165) is 37.7 Å². The van der Waals surface area contributed by atoms with Crippen molar-refractivity contribution in [1.29, 1.82) is 0 Å². The highest BCUT2D eigenvalue weighted by atomic mass is 19.4. The maximum absolute atomic E-state index is 10.6. The number of aliphatic carboxylic acids is 2. The van der Waals surface area contributed by atoms with E-state index in [4.69, 9.17) is 29.3 Å². The number of fused-ring (bicyclic) bond motifs is 1. The number of halogens is 6. The zero-order valence-corrected chi connectivity index (χ0v) is 19.4. The minimum Gasteiger partial charge on any atom is -0.492 e. The van der Waals surface area contributed by atoms with Crippen molar-refractivity contribution in [2.24, 2.45) is 11.8 Å². The molecule has 3 atom stereocenters. The van der Waals surface area contributed by atoms with Crippen molar-refractivity contribution in [3.8, 4) is 5.75 Å². The van der Waals surface area contributed by atoms with Gasteiger partial charge in [-0.3, -0.25) is 9.88 Å². The number of hydrogen-bond donors (Lipinski definition) is 3. The van der Waals surface area contributed by atoms with Crippen LogP contribution >= 0.6 is 0 Å². The van der Waals surface area contributed by atoms with Gasteiger partial charge in [0.1, 0.15) is 5.75 Å². The Kier molecular flexibility index (Phi) is 10.3. The Balaban J connectivity index is 0.000000286. The zero-order chi connectivity index (χ0) is 27.8. The highest BCUT2D eigenvalue weighted by Crippen LogP contribution is 2.34. The molecule has 2 fully saturated rings. The highest BCUT2D eigenvalue weighted by molar-refractivity contribution is 5.73. The third kappa shape index (κ3) is 9.92. The van der Waals surface area contributed by atoms with Crippen LogP contribution in [0, 0.1) is 18.8 Å². The molecular weight excluding hydrogens is 516 g/mol. The zero-order valence-electron chi connectivity index (χ0n) is 19.4. The third-order valence-corrected chi connectivity index (χ3v) is 5.40. The van der Waals surface area contributed by atoms with Crippen molar-refractivity contribution >= 4 is 11.9 Å². The second kappa shape index (κ2) is 12.8. The molecule has 9 nitrogen and oxygen atoms in total. The van der Waals surface area contributed by atoms with Crippen molar-refractivity contribution < 1.29 is 55.6 Å². The number of rotatable bonds is 5. The van der Waals surface area contributed by atoms with Crippen molar-refractivity contribution in [3.05, 3.63) is 48.0 Å². The van der Waals surface area contributed by atoms with E-state index >= 15 is 0 Å². The number of nitrogens with one attached hydrogen (secondary N) is 1. The van der Waals surface area contributed by atoms with Crippen LogP contribution < -0.4 is 4.74 Å². The lowest BCUT2D eigenvalue weighted by atomic mass is 9.94. The van der Waals surface area contributed by atoms with Gasteiger partial charge in [0.05, 0.1) is 25.5 Å². The number of carboxylic acids is 2. The molecule has 0 spiro atoms. The molecular formula is C22H25F6N3O6. The molecule has 0 amide bonds. The monoisotopic (exact) mass is 541 g/mol. The minimum absolute atomic E-state index is 0.356. The van der Waals surface area contributed by atoms with E-state index in [1.165, 1.54) is 5.69 Å². The maximum atomic E-state index is 10.6. The Morgan fingerprint density at radius 1 is 1.11 bits per heavy atom. The fourth-order valence-corrected chi connectivity index (χ4v) is 3.63. The Hall–Kier alpha value is -3.33. The van der Waals surface area contributed by atoms with Gasteiger partial charge in [-0.2, -0.15) is 26.3 Å². The summed E-state index contributed by atoms with van der Waals surface area (Å²) in [6, 6.07) is 8.16. The van der Waals surface area contributed by atoms with E-state index in [-0.39, 0.29) is 0 Å². The summed E-state index contributed by atoms with van der Waals surface area (Å²) in [7, 11) is 0. The van der Waals surface area contributed by atoms with Gasteiger partial charge in [-0.15, -0.1) is 0 Å². The van der Waals surface area contributed by atoms with Gasteiger partial charge in [0.15, 0.2) is 0 Å². The maximum Gasteiger partial charge on any atom is 0.490 e. The minimum atomic E-state index is -5.08. The summed E-state index contributed by atoms with van der Waals surface area (Å²) in [5.41, 5.74) is 2.28. The fraction of sp³-hybridized carbons (Fsp3) is 0.500. The van der Waals surface area contributed by atoms with Gasteiger partial charge in [-0.1, -0.05) is 0 Å². The molecule has 2 saturated heterocycles. The molecule has 0 bridgehead atoms. The lowest BCUT2D eigenvalue weighted by molar-refractivity contribution is -0.193. The van der Waals surface area contributed by atoms with Crippen LogP contribution in [0.25, 0.3) is 0 Å². The largest absolute Gasteiger partial charge is 0.492 e. The smallest absolute Gasteiger partial charge is 0.490 e. The van der Waals surface area contributed by atoms with Gasteiger partial charge in [0.25, 0.3) is 0 Å². The summed E-state index contributed by atoms with van der Waals surface area (Å²) in [6.45, 7) is 6.58. The number of H-pyrrole nitrogens is 1. The first-order valence-electron chi connectivity index (χ1n) is 10.8. The predicted octanol–water partition coefficient (Wildman–Crippen LogP) is 3.51. The molecule has 2 aliphatic rings. The van der Waals surface area contributed by atoms with Crippen LogP contribution in [0.1, 0.15) is 11.4 Å². The summed E-state index contributed by atoms with van der Waals surface area (Å²) in [4.78, 5) is 27.8. The number of carboxylic acid groups (broad SMARTS) is 2. The number of aromatic amines is 1. The summed E-state index contributed by atoms with van der Waals surface area (Å²) in [6.07, 6.45) is -6.03. The van der Waals surface area contributed by atoms with E-state index in [0.29, 0.717) is 24.5 Å². The number of hydrogen-bond acceptors (Lipinski definition) is 6. The quantitative estimate of drug-likeness (QED) is 0.492. The number of aryl methyl sites for hydroxylation is 1. The Labute approximate surface area is 207 Å². The molecule has 15 heteroatoms. The van der Waals surface area contributed by atoms with E-state index in [9.17, 15) is 26.3 Å². The van der Waals surface area contributed by atoms with Crippen LogP contribution in [-0.2, 0) is 20.9 Å². The fourth-order valence-electron chi connectivity index (χ4n) is 3.63.